The van der Waals surface area contributed by atoms with Crippen molar-refractivity contribution in [1.82, 2.24) is 9.97 Å². The van der Waals surface area contributed by atoms with Gasteiger partial charge in [-0.2, -0.15) is 4.98 Å². The molecule has 1 aliphatic carbocycles. The first kappa shape index (κ1) is 13.1. The van der Waals surface area contributed by atoms with Crippen molar-refractivity contribution in [2.75, 3.05) is 0 Å². The first-order valence-electron chi connectivity index (χ1n) is 6.82. The largest absolute Gasteiger partial charge is 0.493 e. The number of hydrogen-bond donors (Lipinski definition) is 2. The molecule has 0 atom stereocenters. The van der Waals surface area contributed by atoms with Gasteiger partial charge in [0.15, 0.2) is 0 Å². The third-order valence-electron chi connectivity index (χ3n) is 3.93. The minimum Gasteiger partial charge on any atom is -0.493 e. The molecular formula is C14H22N2O2. The number of nitrogens with zero attached hydrogens (tertiary/aromatic N) is 1. The molecule has 0 aromatic carbocycles. The van der Waals surface area contributed by atoms with Crippen LogP contribution in [0.15, 0.2) is 4.79 Å². The summed E-state index contributed by atoms with van der Waals surface area (Å²) in [6.45, 7) is 6.02. The van der Waals surface area contributed by atoms with Crippen molar-refractivity contribution in [2.45, 2.75) is 58.3 Å². The van der Waals surface area contributed by atoms with Crippen molar-refractivity contribution >= 4 is 0 Å². The van der Waals surface area contributed by atoms with Gasteiger partial charge in [0.25, 0.3) is 5.56 Å². The van der Waals surface area contributed by atoms with Crippen molar-refractivity contribution in [1.29, 1.82) is 0 Å². The van der Waals surface area contributed by atoms with Crippen LogP contribution < -0.4 is 5.56 Å². The molecule has 0 spiro atoms. The molecule has 1 fully saturated rings. The normalized spacial score (nSPS) is 24.4. The molecule has 1 aromatic rings. The van der Waals surface area contributed by atoms with E-state index < -0.39 is 0 Å². The quantitative estimate of drug-likeness (QED) is 0.848. The molecule has 0 aliphatic heterocycles. The second-order valence-corrected chi connectivity index (χ2v) is 5.80. The fourth-order valence-corrected chi connectivity index (χ4v) is 2.73. The van der Waals surface area contributed by atoms with E-state index in [9.17, 15) is 9.90 Å². The second-order valence-electron chi connectivity index (χ2n) is 5.80. The first-order chi connectivity index (χ1) is 8.49. The van der Waals surface area contributed by atoms with Gasteiger partial charge in [-0.25, -0.2) is 0 Å². The first-order valence-corrected chi connectivity index (χ1v) is 6.82. The van der Waals surface area contributed by atoms with E-state index in [0.29, 0.717) is 17.3 Å². The van der Waals surface area contributed by atoms with Crippen LogP contribution in [0.5, 0.6) is 5.88 Å². The van der Waals surface area contributed by atoms with E-state index >= 15 is 0 Å². The Morgan fingerprint density at radius 2 is 1.89 bits per heavy atom. The molecule has 0 unspecified atom stereocenters. The van der Waals surface area contributed by atoms with Crippen LogP contribution >= 0.6 is 0 Å². The van der Waals surface area contributed by atoms with Gasteiger partial charge in [0, 0.05) is 5.92 Å². The topological polar surface area (TPSA) is 66.0 Å². The van der Waals surface area contributed by atoms with Gasteiger partial charge in [-0.1, -0.05) is 33.6 Å². The van der Waals surface area contributed by atoms with Crippen LogP contribution in [0.3, 0.4) is 0 Å². The second kappa shape index (κ2) is 5.12. The Hall–Kier alpha value is -1.32. The Labute approximate surface area is 107 Å². The van der Waals surface area contributed by atoms with Crippen LogP contribution in [0.2, 0.25) is 0 Å². The van der Waals surface area contributed by atoms with E-state index in [2.05, 4.69) is 16.9 Å². The average molecular weight is 250 g/mol. The third kappa shape index (κ3) is 2.57. The average Bonchev–Trinajstić information content (AvgIpc) is 2.28. The van der Waals surface area contributed by atoms with Gasteiger partial charge in [0.05, 0.1) is 5.56 Å². The summed E-state index contributed by atoms with van der Waals surface area (Å²) in [6.07, 6.45) is 4.43. The summed E-state index contributed by atoms with van der Waals surface area (Å²) in [7, 11) is 0. The number of aromatic nitrogens is 2. The van der Waals surface area contributed by atoms with Crippen molar-refractivity contribution in [2.24, 2.45) is 5.92 Å². The van der Waals surface area contributed by atoms with Gasteiger partial charge in [0.2, 0.25) is 5.88 Å². The van der Waals surface area contributed by atoms with Crippen LogP contribution in [0.25, 0.3) is 0 Å². The maximum atomic E-state index is 12.0. The number of aromatic hydroxyl groups is 1. The lowest BCUT2D eigenvalue weighted by atomic mass is 9.82. The maximum Gasteiger partial charge on any atom is 0.258 e. The van der Waals surface area contributed by atoms with Crippen LogP contribution in [0.1, 0.15) is 69.7 Å². The van der Waals surface area contributed by atoms with Crippen LogP contribution in [-0.2, 0) is 0 Å². The minimum atomic E-state index is -0.189. The van der Waals surface area contributed by atoms with Gasteiger partial charge in [-0.3, -0.25) is 4.79 Å². The summed E-state index contributed by atoms with van der Waals surface area (Å²) < 4.78 is 0. The number of nitrogens with one attached hydrogen (secondary N) is 1. The van der Waals surface area contributed by atoms with E-state index in [-0.39, 0.29) is 17.4 Å². The van der Waals surface area contributed by atoms with Crippen LogP contribution in [0.4, 0.5) is 0 Å². The molecule has 0 saturated heterocycles. The zero-order chi connectivity index (χ0) is 13.3. The van der Waals surface area contributed by atoms with Gasteiger partial charge >= 0.3 is 0 Å². The molecule has 1 saturated carbocycles. The predicted octanol–water partition coefficient (Wildman–Crippen LogP) is 2.89. The van der Waals surface area contributed by atoms with Crippen LogP contribution in [-0.4, -0.2) is 15.1 Å². The van der Waals surface area contributed by atoms with Crippen molar-refractivity contribution in [3.05, 3.63) is 21.7 Å². The Bertz CT molecular complexity index is 471. The van der Waals surface area contributed by atoms with Gasteiger partial charge in [-0.15, -0.1) is 0 Å². The molecule has 1 heterocycles. The maximum absolute atomic E-state index is 12.0. The number of aromatic amines is 1. The molecule has 4 heteroatoms. The molecule has 18 heavy (non-hydrogen) atoms. The van der Waals surface area contributed by atoms with E-state index in [1.165, 1.54) is 12.8 Å². The summed E-state index contributed by atoms with van der Waals surface area (Å²) in [5.74, 6) is 1.61. The molecule has 2 N–H and O–H groups in total. The van der Waals surface area contributed by atoms with E-state index in [1.54, 1.807) is 0 Å². The third-order valence-corrected chi connectivity index (χ3v) is 3.93. The highest BCUT2D eigenvalue weighted by Gasteiger charge is 2.23. The van der Waals surface area contributed by atoms with E-state index in [0.717, 1.165) is 18.8 Å². The van der Waals surface area contributed by atoms with Gasteiger partial charge in [-0.05, 0) is 24.7 Å². The summed E-state index contributed by atoms with van der Waals surface area (Å²) in [4.78, 5) is 19.0. The summed E-state index contributed by atoms with van der Waals surface area (Å²) in [5.41, 5.74) is 0.203. The number of H-pyrrole nitrogens is 1. The Morgan fingerprint density at radius 1 is 1.28 bits per heavy atom. The Balaban J connectivity index is 2.28. The van der Waals surface area contributed by atoms with E-state index in [4.69, 9.17) is 0 Å². The Kier molecular flexibility index (Phi) is 3.73. The Morgan fingerprint density at radius 3 is 2.39 bits per heavy atom. The van der Waals surface area contributed by atoms with Crippen molar-refractivity contribution < 1.29 is 5.11 Å². The monoisotopic (exact) mass is 250 g/mol. The molecule has 1 aliphatic rings. The predicted molar refractivity (Wildman–Crippen MR) is 71.0 cm³/mol. The molecule has 4 nitrogen and oxygen atoms in total. The summed E-state index contributed by atoms with van der Waals surface area (Å²) >= 11 is 0. The highest BCUT2D eigenvalue weighted by atomic mass is 16.3. The minimum absolute atomic E-state index is 0.0123. The van der Waals surface area contributed by atoms with Crippen molar-refractivity contribution in [3.63, 3.8) is 0 Å². The smallest absolute Gasteiger partial charge is 0.258 e. The standard InChI is InChI=1S/C14H22N2O2/c1-8(2)11-13(17)15-12(16-14(11)18)10-6-4-9(3)5-7-10/h8-10H,4-7H2,1-3H3,(H2,15,16,17,18). The number of hydrogen-bond acceptors (Lipinski definition) is 3. The molecular weight excluding hydrogens is 228 g/mol. The SMILES string of the molecule is CC1CCC(c2nc(O)c(C(C)C)c(=O)[nH]2)CC1. The summed E-state index contributed by atoms with van der Waals surface area (Å²) in [5, 5.41) is 9.89. The van der Waals surface area contributed by atoms with Gasteiger partial charge in [0.1, 0.15) is 5.82 Å². The van der Waals surface area contributed by atoms with Gasteiger partial charge < -0.3 is 10.1 Å². The fourth-order valence-electron chi connectivity index (χ4n) is 2.73. The molecule has 0 radical (unpaired) electrons. The zero-order valence-electron chi connectivity index (χ0n) is 11.4. The number of rotatable bonds is 2. The molecule has 2 rings (SSSR count). The van der Waals surface area contributed by atoms with E-state index in [1.807, 2.05) is 13.8 Å². The molecule has 100 valence electrons. The van der Waals surface area contributed by atoms with Crippen molar-refractivity contribution in [3.8, 4) is 5.88 Å². The fraction of sp³-hybridized carbons (Fsp3) is 0.714. The lowest BCUT2D eigenvalue weighted by Gasteiger charge is -2.25. The van der Waals surface area contributed by atoms with Crippen LogP contribution in [0, 0.1) is 5.92 Å². The lowest BCUT2D eigenvalue weighted by Crippen LogP contribution is -2.21. The highest BCUT2D eigenvalue weighted by molar-refractivity contribution is 5.26. The molecule has 0 amide bonds. The summed E-state index contributed by atoms with van der Waals surface area (Å²) in [6, 6.07) is 0. The lowest BCUT2D eigenvalue weighted by molar-refractivity contribution is 0.335. The molecule has 0 bridgehead atoms. The highest BCUT2D eigenvalue weighted by Crippen LogP contribution is 2.34. The zero-order valence-corrected chi connectivity index (χ0v) is 11.4. The molecule has 1 aromatic heterocycles.